The predicted molar refractivity (Wildman–Crippen MR) is 104 cm³/mol. The second-order valence-corrected chi connectivity index (χ2v) is 7.57. The number of rotatable bonds is 4. The van der Waals surface area contributed by atoms with Gasteiger partial charge in [-0.05, 0) is 49.6 Å². The summed E-state index contributed by atoms with van der Waals surface area (Å²) in [5.74, 6) is 1.36. The first-order chi connectivity index (χ1) is 13.0. The van der Waals surface area contributed by atoms with Crippen molar-refractivity contribution >= 4 is 5.91 Å². The Morgan fingerprint density at radius 2 is 2.04 bits per heavy atom. The molecule has 4 rings (SSSR count). The van der Waals surface area contributed by atoms with Crippen molar-refractivity contribution in [3.8, 4) is 17.1 Å². The summed E-state index contributed by atoms with van der Waals surface area (Å²) in [7, 11) is 0. The molecule has 1 fully saturated rings. The van der Waals surface area contributed by atoms with E-state index in [1.807, 2.05) is 54.3 Å². The molecule has 0 aliphatic carbocycles. The Morgan fingerprint density at radius 1 is 1.26 bits per heavy atom. The van der Waals surface area contributed by atoms with E-state index in [0.29, 0.717) is 36.7 Å². The number of amides is 1. The Balaban J connectivity index is 1.74. The molecule has 1 aliphatic heterocycles. The van der Waals surface area contributed by atoms with Crippen LogP contribution >= 0.6 is 0 Å². The van der Waals surface area contributed by atoms with Gasteiger partial charge in [0, 0.05) is 19.3 Å². The summed E-state index contributed by atoms with van der Waals surface area (Å²) in [6.45, 7) is 5.95. The number of furan rings is 1. The van der Waals surface area contributed by atoms with Crippen LogP contribution in [0.4, 0.5) is 0 Å². The van der Waals surface area contributed by atoms with Gasteiger partial charge < -0.3 is 15.1 Å². The number of hydrogen-bond acceptors (Lipinski definition) is 4. The Bertz CT molecular complexity index is 960. The van der Waals surface area contributed by atoms with Crippen LogP contribution in [0.3, 0.4) is 0 Å². The quantitative estimate of drug-likeness (QED) is 0.771. The lowest BCUT2D eigenvalue weighted by Crippen LogP contribution is -2.34. The minimum atomic E-state index is -0.0293. The van der Waals surface area contributed by atoms with Crippen LogP contribution in [0.1, 0.15) is 29.5 Å². The van der Waals surface area contributed by atoms with Crippen molar-refractivity contribution in [3.63, 3.8) is 0 Å². The molecule has 6 heteroatoms. The maximum absolute atomic E-state index is 13.3. The number of benzene rings is 1. The fourth-order valence-electron chi connectivity index (χ4n) is 3.52. The number of nitrogens with zero attached hydrogens (tertiary/aromatic N) is 3. The molecule has 3 aromatic rings. The van der Waals surface area contributed by atoms with Gasteiger partial charge in [0.25, 0.3) is 5.91 Å². The summed E-state index contributed by atoms with van der Waals surface area (Å²) in [5.41, 5.74) is 7.90. The molecule has 3 heterocycles. The summed E-state index contributed by atoms with van der Waals surface area (Å²) < 4.78 is 7.50. The third-order valence-corrected chi connectivity index (χ3v) is 5.28. The van der Waals surface area contributed by atoms with Crippen molar-refractivity contribution in [1.82, 2.24) is 14.7 Å². The molecule has 1 unspecified atom stereocenters. The standard InChI is InChI=1S/C21H24N4O2/c1-15-8-9-18(27-15)19-17(12-25(23-19)16-6-4-3-5-7-16)20(26)24-11-10-21(2,13-22)14-24/h3-9,12H,10-11,13-14,22H2,1-2H3. The van der Waals surface area contributed by atoms with E-state index in [-0.39, 0.29) is 11.3 Å². The van der Waals surface area contributed by atoms with Crippen LogP contribution in [0.5, 0.6) is 0 Å². The van der Waals surface area contributed by atoms with Gasteiger partial charge in [-0.15, -0.1) is 0 Å². The van der Waals surface area contributed by atoms with Crippen LogP contribution in [0.15, 0.2) is 53.1 Å². The lowest BCUT2D eigenvalue weighted by atomic mass is 9.90. The molecule has 2 aromatic heterocycles. The first-order valence-electron chi connectivity index (χ1n) is 9.20. The number of nitrogens with two attached hydrogens (primary N) is 1. The second-order valence-electron chi connectivity index (χ2n) is 7.57. The molecular formula is C21H24N4O2. The van der Waals surface area contributed by atoms with Gasteiger partial charge in [-0.1, -0.05) is 25.1 Å². The molecule has 1 atom stereocenters. The van der Waals surface area contributed by atoms with E-state index in [0.717, 1.165) is 17.9 Å². The van der Waals surface area contributed by atoms with E-state index in [9.17, 15) is 4.79 Å². The summed E-state index contributed by atoms with van der Waals surface area (Å²) in [6.07, 6.45) is 2.71. The van der Waals surface area contributed by atoms with Gasteiger partial charge >= 0.3 is 0 Å². The van der Waals surface area contributed by atoms with Crippen molar-refractivity contribution in [1.29, 1.82) is 0 Å². The van der Waals surface area contributed by atoms with Crippen molar-refractivity contribution in [3.05, 3.63) is 60.0 Å². The molecule has 0 radical (unpaired) electrons. The van der Waals surface area contributed by atoms with Gasteiger partial charge in [-0.25, -0.2) is 4.68 Å². The fraction of sp³-hybridized carbons (Fsp3) is 0.333. The first kappa shape index (κ1) is 17.5. The zero-order valence-corrected chi connectivity index (χ0v) is 15.7. The molecule has 6 nitrogen and oxygen atoms in total. The van der Waals surface area contributed by atoms with Gasteiger partial charge in [0.1, 0.15) is 11.5 Å². The zero-order chi connectivity index (χ0) is 19.0. The predicted octanol–water partition coefficient (Wildman–Crippen LogP) is 3.25. The smallest absolute Gasteiger partial charge is 0.257 e. The van der Waals surface area contributed by atoms with Crippen LogP contribution in [0.25, 0.3) is 17.1 Å². The number of likely N-dealkylation sites (tertiary alicyclic amines) is 1. The Kier molecular flexibility index (Phi) is 4.36. The normalized spacial score (nSPS) is 19.6. The van der Waals surface area contributed by atoms with Crippen LogP contribution < -0.4 is 5.73 Å². The van der Waals surface area contributed by atoms with Gasteiger partial charge in [0.15, 0.2) is 5.76 Å². The third-order valence-electron chi connectivity index (χ3n) is 5.28. The molecule has 140 valence electrons. The lowest BCUT2D eigenvalue weighted by Gasteiger charge is -2.22. The van der Waals surface area contributed by atoms with Crippen molar-refractivity contribution in [2.75, 3.05) is 19.6 Å². The molecule has 1 amide bonds. The molecule has 0 bridgehead atoms. The Labute approximate surface area is 158 Å². The average molecular weight is 364 g/mol. The molecule has 27 heavy (non-hydrogen) atoms. The summed E-state index contributed by atoms with van der Waals surface area (Å²) in [5, 5.41) is 4.66. The molecule has 0 saturated carbocycles. The largest absolute Gasteiger partial charge is 0.460 e. The highest BCUT2D eigenvalue weighted by Gasteiger charge is 2.36. The van der Waals surface area contributed by atoms with Gasteiger partial charge in [0.05, 0.1) is 11.3 Å². The highest BCUT2D eigenvalue weighted by molar-refractivity contribution is 5.99. The van der Waals surface area contributed by atoms with Crippen LogP contribution in [0.2, 0.25) is 0 Å². The number of hydrogen-bond donors (Lipinski definition) is 1. The van der Waals surface area contributed by atoms with Gasteiger partial charge in [-0.3, -0.25) is 4.79 Å². The minimum absolute atomic E-state index is 0.0213. The van der Waals surface area contributed by atoms with Crippen molar-refractivity contribution < 1.29 is 9.21 Å². The highest BCUT2D eigenvalue weighted by atomic mass is 16.3. The molecule has 2 N–H and O–H groups in total. The maximum atomic E-state index is 13.3. The van der Waals surface area contributed by atoms with Crippen molar-refractivity contribution in [2.45, 2.75) is 20.3 Å². The first-order valence-corrected chi connectivity index (χ1v) is 9.20. The fourth-order valence-corrected chi connectivity index (χ4v) is 3.52. The van der Waals surface area contributed by atoms with E-state index in [4.69, 9.17) is 10.2 Å². The Morgan fingerprint density at radius 3 is 2.67 bits per heavy atom. The average Bonchev–Trinajstić information content (AvgIpc) is 3.40. The summed E-state index contributed by atoms with van der Waals surface area (Å²) in [4.78, 5) is 15.2. The van der Waals surface area contributed by atoms with Crippen LogP contribution in [-0.4, -0.2) is 40.2 Å². The monoisotopic (exact) mass is 364 g/mol. The minimum Gasteiger partial charge on any atom is -0.460 e. The van der Waals surface area contributed by atoms with E-state index in [2.05, 4.69) is 12.0 Å². The van der Waals surface area contributed by atoms with E-state index in [1.54, 1.807) is 10.9 Å². The van der Waals surface area contributed by atoms with Crippen molar-refractivity contribution in [2.24, 2.45) is 11.1 Å². The van der Waals surface area contributed by atoms with E-state index < -0.39 is 0 Å². The number of para-hydroxylation sites is 1. The number of aromatic nitrogens is 2. The Hall–Kier alpha value is -2.86. The number of carbonyl (C=O) groups excluding carboxylic acids is 1. The van der Waals surface area contributed by atoms with Crippen LogP contribution in [0, 0.1) is 12.3 Å². The zero-order valence-electron chi connectivity index (χ0n) is 15.7. The topological polar surface area (TPSA) is 77.3 Å². The van der Waals surface area contributed by atoms with E-state index >= 15 is 0 Å². The van der Waals surface area contributed by atoms with Gasteiger partial charge in [0.2, 0.25) is 0 Å². The molecular weight excluding hydrogens is 340 g/mol. The lowest BCUT2D eigenvalue weighted by molar-refractivity contribution is 0.0777. The molecule has 1 saturated heterocycles. The summed E-state index contributed by atoms with van der Waals surface area (Å²) >= 11 is 0. The maximum Gasteiger partial charge on any atom is 0.257 e. The van der Waals surface area contributed by atoms with Crippen LogP contribution in [-0.2, 0) is 0 Å². The highest BCUT2D eigenvalue weighted by Crippen LogP contribution is 2.32. The molecule has 0 spiro atoms. The van der Waals surface area contributed by atoms with E-state index in [1.165, 1.54) is 0 Å². The summed E-state index contributed by atoms with van der Waals surface area (Å²) in [6, 6.07) is 13.5. The SMILES string of the molecule is Cc1ccc(-c2nn(-c3ccccc3)cc2C(=O)N2CCC(C)(CN)C2)o1. The second kappa shape index (κ2) is 6.70. The number of carbonyl (C=O) groups is 1. The third kappa shape index (κ3) is 3.28. The van der Waals surface area contributed by atoms with Gasteiger partial charge in [-0.2, -0.15) is 5.10 Å². The molecule has 1 aromatic carbocycles. The number of aryl methyl sites for hydroxylation is 1. The molecule has 1 aliphatic rings.